The molecule has 3 atom stereocenters. The van der Waals surface area contributed by atoms with Crippen LogP contribution in [0.5, 0.6) is 0 Å². The van der Waals surface area contributed by atoms with Crippen LogP contribution in [0.1, 0.15) is 99.5 Å². The van der Waals surface area contributed by atoms with Gasteiger partial charge in [0.1, 0.15) is 11.6 Å². The molecule has 1 aromatic carbocycles. The molecule has 4 rings (SSSR count). The second-order valence-electron chi connectivity index (χ2n) is 8.33. The number of rotatable bonds is 9. The first-order valence-electron chi connectivity index (χ1n) is 10.6. The second-order valence-corrected chi connectivity index (χ2v) is 8.33. The van der Waals surface area contributed by atoms with E-state index >= 15 is 0 Å². The molecule has 0 radical (unpaired) electrons. The zero-order valence-electron chi connectivity index (χ0n) is 16.3. The van der Waals surface area contributed by atoms with E-state index in [0.29, 0.717) is 18.6 Å². The van der Waals surface area contributed by atoms with Gasteiger partial charge >= 0.3 is 0 Å². The summed E-state index contributed by atoms with van der Waals surface area (Å²) >= 11 is 0. The lowest BCUT2D eigenvalue weighted by atomic mass is 9.90. The van der Waals surface area contributed by atoms with Crippen molar-refractivity contribution in [3.05, 3.63) is 41.3 Å². The van der Waals surface area contributed by atoms with Crippen LogP contribution < -0.4 is 5.73 Å². The molecule has 3 N–H and O–H groups in total. The van der Waals surface area contributed by atoms with Gasteiger partial charge in [0.15, 0.2) is 0 Å². The van der Waals surface area contributed by atoms with Crippen molar-refractivity contribution in [2.75, 3.05) is 0 Å². The Bertz CT molecular complexity index is 810. The number of hydrogen-bond acceptors (Lipinski definition) is 3. The van der Waals surface area contributed by atoms with E-state index in [9.17, 15) is 4.79 Å². The molecular formula is C23H31N3O. The Labute approximate surface area is 162 Å². The smallest absolute Gasteiger partial charge is 0.132 e. The highest BCUT2D eigenvalue weighted by Crippen LogP contribution is 2.53. The SMILES string of the molecule is CCC(=O)CCCCC[C@H](N)c1ncc(-c2ccc3c(c2)[C@H]2CC[C@@H]3C2)[nH]1. The minimum atomic E-state index is -0.0638. The van der Waals surface area contributed by atoms with Crippen molar-refractivity contribution in [3.63, 3.8) is 0 Å². The third-order valence-electron chi connectivity index (χ3n) is 6.52. The third-order valence-corrected chi connectivity index (χ3v) is 6.52. The summed E-state index contributed by atoms with van der Waals surface area (Å²) in [5, 5.41) is 0. The number of aromatic nitrogens is 2. The zero-order chi connectivity index (χ0) is 18.8. The summed E-state index contributed by atoms with van der Waals surface area (Å²) in [6, 6.07) is 6.86. The van der Waals surface area contributed by atoms with Gasteiger partial charge in [-0.15, -0.1) is 0 Å². The predicted octanol–water partition coefficient (Wildman–Crippen LogP) is 5.37. The van der Waals surface area contributed by atoms with Crippen LogP contribution in [0.25, 0.3) is 11.3 Å². The Balaban J connectivity index is 1.33. The molecule has 2 bridgehead atoms. The number of ketones is 1. The average molecular weight is 366 g/mol. The predicted molar refractivity (Wildman–Crippen MR) is 109 cm³/mol. The van der Waals surface area contributed by atoms with Gasteiger partial charge in [-0.2, -0.15) is 0 Å². The van der Waals surface area contributed by atoms with Crippen LogP contribution in [-0.4, -0.2) is 15.8 Å². The van der Waals surface area contributed by atoms with Crippen LogP contribution in [0, 0.1) is 0 Å². The monoisotopic (exact) mass is 365 g/mol. The topological polar surface area (TPSA) is 71.8 Å². The number of nitrogens with zero attached hydrogens (tertiary/aromatic N) is 1. The molecule has 1 saturated carbocycles. The van der Waals surface area contributed by atoms with E-state index < -0.39 is 0 Å². The van der Waals surface area contributed by atoms with E-state index in [1.165, 1.54) is 24.8 Å². The Morgan fingerprint density at radius 3 is 2.85 bits per heavy atom. The molecular weight excluding hydrogens is 334 g/mol. The molecule has 1 heterocycles. The Morgan fingerprint density at radius 1 is 1.22 bits per heavy atom. The number of Topliss-reactive ketones (excluding diaryl/α,β-unsaturated/α-hetero) is 1. The van der Waals surface area contributed by atoms with Crippen LogP contribution >= 0.6 is 0 Å². The second kappa shape index (κ2) is 7.97. The maximum atomic E-state index is 11.3. The number of carbonyl (C=O) groups is 1. The molecule has 0 amide bonds. The number of aromatic amines is 1. The number of nitrogens with one attached hydrogen (secondary N) is 1. The molecule has 27 heavy (non-hydrogen) atoms. The van der Waals surface area contributed by atoms with Crippen molar-refractivity contribution >= 4 is 5.78 Å². The highest BCUT2D eigenvalue weighted by atomic mass is 16.1. The summed E-state index contributed by atoms with van der Waals surface area (Å²) in [6.07, 6.45) is 11.3. The van der Waals surface area contributed by atoms with E-state index in [-0.39, 0.29) is 6.04 Å². The fourth-order valence-electron chi connectivity index (χ4n) is 4.86. The van der Waals surface area contributed by atoms with Gasteiger partial charge in [0.25, 0.3) is 0 Å². The summed E-state index contributed by atoms with van der Waals surface area (Å²) in [4.78, 5) is 19.3. The molecule has 4 heteroatoms. The van der Waals surface area contributed by atoms with Crippen molar-refractivity contribution in [2.45, 2.75) is 82.6 Å². The van der Waals surface area contributed by atoms with Crippen molar-refractivity contribution in [2.24, 2.45) is 5.73 Å². The van der Waals surface area contributed by atoms with Crippen LogP contribution in [0.15, 0.2) is 24.4 Å². The molecule has 0 saturated heterocycles. The van der Waals surface area contributed by atoms with Crippen LogP contribution in [0.2, 0.25) is 0 Å². The molecule has 1 fully saturated rings. The first-order chi connectivity index (χ1) is 13.2. The lowest BCUT2D eigenvalue weighted by molar-refractivity contribution is -0.118. The Morgan fingerprint density at radius 2 is 2.04 bits per heavy atom. The lowest BCUT2D eigenvalue weighted by Crippen LogP contribution is -2.12. The molecule has 2 aromatic rings. The van der Waals surface area contributed by atoms with Crippen LogP contribution in [0.4, 0.5) is 0 Å². The highest BCUT2D eigenvalue weighted by Gasteiger charge is 2.36. The van der Waals surface area contributed by atoms with Gasteiger partial charge in [0.05, 0.1) is 17.9 Å². The van der Waals surface area contributed by atoms with E-state index in [1.807, 2.05) is 13.1 Å². The number of fused-ring (bicyclic) bond motifs is 5. The fourth-order valence-corrected chi connectivity index (χ4v) is 4.86. The van der Waals surface area contributed by atoms with E-state index in [1.54, 1.807) is 11.1 Å². The number of H-pyrrole nitrogens is 1. The van der Waals surface area contributed by atoms with Gasteiger partial charge in [-0.05, 0) is 66.7 Å². The number of carbonyl (C=O) groups excluding carboxylic acids is 1. The number of unbranched alkanes of at least 4 members (excludes halogenated alkanes) is 2. The van der Waals surface area contributed by atoms with E-state index in [2.05, 4.69) is 28.2 Å². The van der Waals surface area contributed by atoms with E-state index in [0.717, 1.165) is 49.0 Å². The molecule has 2 aliphatic carbocycles. The molecule has 4 nitrogen and oxygen atoms in total. The Hall–Kier alpha value is -1.94. The summed E-state index contributed by atoms with van der Waals surface area (Å²) in [7, 11) is 0. The molecule has 0 spiro atoms. The largest absolute Gasteiger partial charge is 0.341 e. The van der Waals surface area contributed by atoms with Gasteiger partial charge in [0.2, 0.25) is 0 Å². The van der Waals surface area contributed by atoms with Crippen LogP contribution in [0.3, 0.4) is 0 Å². The molecule has 0 aliphatic heterocycles. The van der Waals surface area contributed by atoms with E-state index in [4.69, 9.17) is 5.73 Å². The van der Waals surface area contributed by atoms with Gasteiger partial charge in [-0.3, -0.25) is 4.79 Å². The quantitative estimate of drug-likeness (QED) is 0.587. The van der Waals surface area contributed by atoms with Gasteiger partial charge in [-0.1, -0.05) is 31.9 Å². The summed E-state index contributed by atoms with van der Waals surface area (Å²) in [5.41, 5.74) is 11.8. The summed E-state index contributed by atoms with van der Waals surface area (Å²) in [6.45, 7) is 1.93. The highest BCUT2D eigenvalue weighted by molar-refractivity contribution is 5.77. The minimum Gasteiger partial charge on any atom is -0.341 e. The van der Waals surface area contributed by atoms with Gasteiger partial charge in [-0.25, -0.2) is 4.98 Å². The zero-order valence-corrected chi connectivity index (χ0v) is 16.3. The lowest BCUT2D eigenvalue weighted by Gasteiger charge is -2.15. The normalized spacial score (nSPS) is 21.4. The fraction of sp³-hybridized carbons (Fsp3) is 0.565. The van der Waals surface area contributed by atoms with Crippen molar-refractivity contribution in [1.29, 1.82) is 0 Å². The van der Waals surface area contributed by atoms with Crippen molar-refractivity contribution in [1.82, 2.24) is 9.97 Å². The number of imidazole rings is 1. The minimum absolute atomic E-state index is 0.0638. The van der Waals surface area contributed by atoms with Crippen molar-refractivity contribution < 1.29 is 4.79 Å². The average Bonchev–Trinajstić information content (AvgIpc) is 3.43. The van der Waals surface area contributed by atoms with Gasteiger partial charge < -0.3 is 10.7 Å². The molecule has 1 aromatic heterocycles. The number of nitrogens with two attached hydrogens (primary N) is 1. The maximum Gasteiger partial charge on any atom is 0.132 e. The van der Waals surface area contributed by atoms with Crippen molar-refractivity contribution in [3.8, 4) is 11.3 Å². The summed E-state index contributed by atoms with van der Waals surface area (Å²) in [5.74, 6) is 2.81. The first-order valence-corrected chi connectivity index (χ1v) is 10.6. The third kappa shape index (κ3) is 3.86. The van der Waals surface area contributed by atoms with Crippen LogP contribution in [-0.2, 0) is 4.79 Å². The molecule has 0 unspecified atom stereocenters. The standard InChI is InChI=1S/C23H31N3O/c1-2-18(27)6-4-3-5-7-21(24)23-25-14-22(26-23)17-10-11-19-15-8-9-16(12-15)20(19)13-17/h10-11,13-16,21H,2-9,12,24H2,1H3,(H,25,26)/t15-,16+,21+/m1/s1. The first kappa shape index (κ1) is 18.4. The molecule has 2 aliphatic rings. The van der Waals surface area contributed by atoms with Gasteiger partial charge in [0, 0.05) is 12.8 Å². The number of hydrogen-bond donors (Lipinski definition) is 2. The molecule has 144 valence electrons. The maximum absolute atomic E-state index is 11.3. The number of benzene rings is 1. The Kier molecular flexibility index (Phi) is 5.44. The summed E-state index contributed by atoms with van der Waals surface area (Å²) < 4.78 is 0.